The van der Waals surface area contributed by atoms with E-state index in [-0.39, 0.29) is 5.75 Å². The summed E-state index contributed by atoms with van der Waals surface area (Å²) in [5, 5.41) is 17.1. The molecule has 3 rings (SSSR count). The van der Waals surface area contributed by atoms with Crippen molar-refractivity contribution in [2.24, 2.45) is 5.10 Å². The van der Waals surface area contributed by atoms with Crippen LogP contribution >= 0.6 is 0 Å². The molecule has 0 atom stereocenters. The molecule has 0 amide bonds. The molecule has 5 heteroatoms. The van der Waals surface area contributed by atoms with Crippen LogP contribution in [0.1, 0.15) is 36.1 Å². The Morgan fingerprint density at radius 2 is 1.79 bits per heavy atom. The Hall–Kier alpha value is -2.53. The molecular formula is C24H35N4O+. The van der Waals surface area contributed by atoms with E-state index in [2.05, 4.69) is 67.0 Å². The zero-order valence-corrected chi connectivity index (χ0v) is 18.3. The van der Waals surface area contributed by atoms with Crippen LogP contribution in [0.25, 0.3) is 0 Å². The number of nitrogens with zero attached hydrogens (tertiary/aromatic N) is 3. The summed E-state index contributed by atoms with van der Waals surface area (Å²) < 4.78 is 0. The number of hydrogen-bond donors (Lipinski definition) is 2. The standard InChI is InChI=1S/C24H34N4O/c1-5-27(6-2)23-10-9-21(24(29)16-23)17-25-28-13-11-26(12-14-28)18-22-8-7-19(3)15-20(22)4/h7-10,15-17,29H,5-6,11-14,18H2,1-4H3/p+1. The highest BCUT2D eigenvalue weighted by molar-refractivity contribution is 5.84. The van der Waals surface area contributed by atoms with Crippen molar-refractivity contribution in [3.8, 4) is 5.75 Å². The smallest absolute Gasteiger partial charge is 0.126 e. The average Bonchev–Trinajstić information content (AvgIpc) is 2.71. The fourth-order valence-corrected chi connectivity index (χ4v) is 3.99. The Morgan fingerprint density at radius 3 is 2.41 bits per heavy atom. The molecule has 1 heterocycles. The molecule has 0 bridgehead atoms. The molecule has 2 aromatic carbocycles. The number of phenols is 1. The number of benzene rings is 2. The van der Waals surface area contributed by atoms with Crippen LogP contribution in [0.5, 0.6) is 5.75 Å². The number of hydrazone groups is 1. The Kier molecular flexibility index (Phi) is 7.15. The Morgan fingerprint density at radius 1 is 1.07 bits per heavy atom. The largest absolute Gasteiger partial charge is 0.507 e. The van der Waals surface area contributed by atoms with Crippen molar-refractivity contribution in [3.63, 3.8) is 0 Å². The SMILES string of the molecule is CCN(CC)c1ccc(C=NN2CC[NH+](Cc3ccc(C)cc3C)CC2)c(O)c1. The van der Waals surface area contributed by atoms with Crippen molar-refractivity contribution < 1.29 is 10.0 Å². The van der Waals surface area contributed by atoms with Gasteiger partial charge in [0.2, 0.25) is 0 Å². The van der Waals surface area contributed by atoms with Gasteiger partial charge in [0.05, 0.1) is 32.4 Å². The lowest BCUT2D eigenvalue weighted by Gasteiger charge is -2.30. The third kappa shape index (κ3) is 5.51. The minimum atomic E-state index is 0.289. The van der Waals surface area contributed by atoms with Crippen LogP contribution in [0.3, 0.4) is 0 Å². The maximum Gasteiger partial charge on any atom is 0.126 e. The number of quaternary nitrogens is 1. The van der Waals surface area contributed by atoms with Crippen molar-refractivity contribution in [2.45, 2.75) is 34.2 Å². The lowest BCUT2D eigenvalue weighted by atomic mass is 10.1. The van der Waals surface area contributed by atoms with Gasteiger partial charge in [-0.15, -0.1) is 0 Å². The number of aromatic hydroxyl groups is 1. The predicted molar refractivity (Wildman–Crippen MR) is 121 cm³/mol. The monoisotopic (exact) mass is 395 g/mol. The summed E-state index contributed by atoms with van der Waals surface area (Å²) in [7, 11) is 0. The molecule has 0 spiro atoms. The molecule has 2 N–H and O–H groups in total. The van der Waals surface area contributed by atoms with Crippen molar-refractivity contribution in [1.29, 1.82) is 0 Å². The van der Waals surface area contributed by atoms with Gasteiger partial charge in [0.1, 0.15) is 12.3 Å². The van der Waals surface area contributed by atoms with Crippen LogP contribution in [0, 0.1) is 13.8 Å². The van der Waals surface area contributed by atoms with E-state index in [1.54, 1.807) is 11.1 Å². The first kappa shape index (κ1) is 21.2. The molecule has 0 radical (unpaired) electrons. The van der Waals surface area contributed by atoms with Crippen molar-refractivity contribution in [1.82, 2.24) is 5.01 Å². The van der Waals surface area contributed by atoms with Crippen molar-refractivity contribution >= 4 is 11.9 Å². The number of piperazine rings is 1. The van der Waals surface area contributed by atoms with Gasteiger partial charge in [-0.25, -0.2) is 0 Å². The van der Waals surface area contributed by atoms with Crippen LogP contribution in [0.15, 0.2) is 41.5 Å². The second-order valence-electron chi connectivity index (χ2n) is 7.97. The Labute approximate surface area is 175 Å². The first-order valence-electron chi connectivity index (χ1n) is 10.8. The molecule has 1 aliphatic rings. The fraction of sp³-hybridized carbons (Fsp3) is 0.458. The molecule has 29 heavy (non-hydrogen) atoms. The van der Waals surface area contributed by atoms with E-state index < -0.39 is 0 Å². The second kappa shape index (κ2) is 9.79. The quantitative estimate of drug-likeness (QED) is 0.709. The van der Waals surface area contributed by atoms with E-state index in [1.807, 2.05) is 12.1 Å². The lowest BCUT2D eigenvalue weighted by molar-refractivity contribution is -0.918. The van der Waals surface area contributed by atoms with Crippen LogP contribution in [0.2, 0.25) is 0 Å². The Bertz CT molecular complexity index is 837. The molecular weight excluding hydrogens is 360 g/mol. The molecule has 1 fully saturated rings. The molecule has 5 nitrogen and oxygen atoms in total. The van der Waals surface area contributed by atoms with Crippen molar-refractivity contribution in [3.05, 3.63) is 58.7 Å². The predicted octanol–water partition coefficient (Wildman–Crippen LogP) is 2.59. The highest BCUT2D eigenvalue weighted by atomic mass is 16.3. The van der Waals surface area contributed by atoms with Gasteiger partial charge in [-0.1, -0.05) is 23.8 Å². The molecule has 1 aliphatic heterocycles. The zero-order valence-electron chi connectivity index (χ0n) is 18.3. The Balaban J connectivity index is 1.54. The summed E-state index contributed by atoms with van der Waals surface area (Å²) in [5.41, 5.74) is 5.98. The van der Waals surface area contributed by atoms with Crippen LogP contribution < -0.4 is 9.80 Å². The maximum atomic E-state index is 10.4. The van der Waals surface area contributed by atoms with Gasteiger partial charge in [-0.05, 0) is 45.4 Å². The summed E-state index contributed by atoms with van der Waals surface area (Å²) in [6, 6.07) is 12.6. The van der Waals surface area contributed by atoms with Gasteiger partial charge in [-0.2, -0.15) is 5.10 Å². The number of aryl methyl sites for hydroxylation is 2. The molecule has 0 aliphatic carbocycles. The maximum absolute atomic E-state index is 10.4. The van der Waals surface area contributed by atoms with Crippen LogP contribution in [0.4, 0.5) is 5.69 Å². The number of rotatable bonds is 7. The molecule has 156 valence electrons. The molecule has 2 aromatic rings. The van der Waals surface area contributed by atoms with E-state index in [0.717, 1.165) is 57.1 Å². The lowest BCUT2D eigenvalue weighted by Crippen LogP contribution is -3.13. The number of nitrogens with one attached hydrogen (secondary N) is 1. The van der Waals surface area contributed by atoms with E-state index in [1.165, 1.54) is 16.7 Å². The normalized spacial score (nSPS) is 15.2. The minimum Gasteiger partial charge on any atom is -0.507 e. The molecule has 1 saturated heterocycles. The third-order valence-electron chi connectivity index (χ3n) is 5.89. The number of phenolic OH excluding ortho intramolecular Hbond substituents is 1. The average molecular weight is 396 g/mol. The molecule has 0 saturated carbocycles. The first-order chi connectivity index (χ1) is 14.0. The summed E-state index contributed by atoms with van der Waals surface area (Å²) in [6.45, 7) is 15.6. The van der Waals surface area contributed by atoms with Gasteiger partial charge in [0, 0.05) is 36.0 Å². The van der Waals surface area contributed by atoms with Gasteiger partial charge in [-0.3, -0.25) is 5.01 Å². The van der Waals surface area contributed by atoms with Crippen LogP contribution in [-0.2, 0) is 6.54 Å². The van der Waals surface area contributed by atoms with E-state index in [9.17, 15) is 5.11 Å². The summed E-state index contributed by atoms with van der Waals surface area (Å²) >= 11 is 0. The van der Waals surface area contributed by atoms with Crippen LogP contribution in [-0.4, -0.2) is 55.6 Å². The second-order valence-corrected chi connectivity index (χ2v) is 7.97. The topological polar surface area (TPSA) is 43.5 Å². The molecule has 0 aromatic heterocycles. The highest BCUT2D eigenvalue weighted by Gasteiger charge is 2.19. The van der Waals surface area contributed by atoms with Gasteiger partial charge >= 0.3 is 0 Å². The van der Waals surface area contributed by atoms with Gasteiger partial charge in [0.15, 0.2) is 0 Å². The summed E-state index contributed by atoms with van der Waals surface area (Å²) in [4.78, 5) is 3.83. The minimum absolute atomic E-state index is 0.289. The van der Waals surface area contributed by atoms with Gasteiger partial charge < -0.3 is 14.9 Å². The number of hydrogen-bond acceptors (Lipinski definition) is 4. The van der Waals surface area contributed by atoms with Crippen molar-refractivity contribution in [2.75, 3.05) is 44.2 Å². The summed E-state index contributed by atoms with van der Waals surface area (Å²) in [5.74, 6) is 0.289. The fourth-order valence-electron chi connectivity index (χ4n) is 3.99. The van der Waals surface area contributed by atoms with Gasteiger partial charge in [0.25, 0.3) is 0 Å². The summed E-state index contributed by atoms with van der Waals surface area (Å²) in [6.07, 6.45) is 1.79. The number of anilines is 1. The zero-order chi connectivity index (χ0) is 20.8. The highest BCUT2D eigenvalue weighted by Crippen LogP contribution is 2.23. The first-order valence-corrected chi connectivity index (χ1v) is 10.8. The molecule has 0 unspecified atom stereocenters. The van der Waals surface area contributed by atoms with E-state index in [4.69, 9.17) is 0 Å². The van der Waals surface area contributed by atoms with E-state index >= 15 is 0 Å². The van der Waals surface area contributed by atoms with E-state index in [0.29, 0.717) is 0 Å². The third-order valence-corrected chi connectivity index (χ3v) is 5.89.